The van der Waals surface area contributed by atoms with Crippen LogP contribution in [0.4, 0.5) is 0 Å². The number of likely N-dealkylation sites (tertiary alicyclic amines) is 1. The number of hydrogen-bond acceptors (Lipinski definition) is 2. The third-order valence-electron chi connectivity index (χ3n) is 4.31. The predicted molar refractivity (Wildman–Crippen MR) is 118 cm³/mol. The van der Waals surface area contributed by atoms with Crippen molar-refractivity contribution < 1.29 is 0 Å². The maximum Gasteiger partial charge on any atom is 0.189 e. The van der Waals surface area contributed by atoms with Crippen LogP contribution in [-0.4, -0.2) is 29.5 Å². The SMILES string of the molecule is CC1CC(C)CN(Cc2ccc(CN=C(N)NC(C)(C)C)cc2)C1.I. The molecule has 1 aromatic rings. The summed E-state index contributed by atoms with van der Waals surface area (Å²) in [6.45, 7) is 15.0. The Bertz CT molecular complexity index is 538. The van der Waals surface area contributed by atoms with Gasteiger partial charge in [0, 0.05) is 25.2 Å². The van der Waals surface area contributed by atoms with E-state index in [0.717, 1.165) is 18.4 Å². The lowest BCUT2D eigenvalue weighted by molar-refractivity contribution is 0.134. The van der Waals surface area contributed by atoms with Gasteiger partial charge in [0.2, 0.25) is 0 Å². The zero-order valence-corrected chi connectivity index (χ0v) is 18.7. The molecule has 0 amide bonds. The van der Waals surface area contributed by atoms with Gasteiger partial charge in [-0.25, -0.2) is 4.99 Å². The molecular formula is C20H35IN4. The Labute approximate surface area is 170 Å². The molecule has 0 aromatic heterocycles. The molecule has 1 saturated heterocycles. The minimum atomic E-state index is -0.0554. The van der Waals surface area contributed by atoms with E-state index in [1.54, 1.807) is 0 Å². The van der Waals surface area contributed by atoms with Crippen LogP contribution >= 0.6 is 24.0 Å². The van der Waals surface area contributed by atoms with Crippen LogP contribution in [0.2, 0.25) is 0 Å². The van der Waals surface area contributed by atoms with Crippen molar-refractivity contribution >= 4 is 29.9 Å². The maximum atomic E-state index is 5.92. The van der Waals surface area contributed by atoms with E-state index < -0.39 is 0 Å². The number of guanidine groups is 1. The lowest BCUT2D eigenvalue weighted by Crippen LogP contribution is -2.44. The highest BCUT2D eigenvalue weighted by Crippen LogP contribution is 2.22. The summed E-state index contributed by atoms with van der Waals surface area (Å²) >= 11 is 0. The molecule has 1 fully saturated rings. The van der Waals surface area contributed by atoms with Gasteiger partial charge in [-0.3, -0.25) is 4.90 Å². The average Bonchev–Trinajstić information content (AvgIpc) is 2.43. The van der Waals surface area contributed by atoms with Gasteiger partial charge in [-0.05, 0) is 50.2 Å². The van der Waals surface area contributed by atoms with E-state index in [9.17, 15) is 0 Å². The predicted octanol–water partition coefficient (Wildman–Crippen LogP) is 3.99. The summed E-state index contributed by atoms with van der Waals surface area (Å²) in [5.41, 5.74) is 8.44. The molecule has 25 heavy (non-hydrogen) atoms. The first-order chi connectivity index (χ1) is 11.2. The minimum absolute atomic E-state index is 0. The van der Waals surface area contributed by atoms with Crippen molar-refractivity contribution in [2.75, 3.05) is 13.1 Å². The first kappa shape index (κ1) is 22.2. The third kappa shape index (κ3) is 8.40. The monoisotopic (exact) mass is 458 g/mol. The van der Waals surface area contributed by atoms with Gasteiger partial charge in [0.15, 0.2) is 5.96 Å². The molecule has 1 aliphatic rings. The Morgan fingerprint density at radius 1 is 1.12 bits per heavy atom. The summed E-state index contributed by atoms with van der Waals surface area (Å²) < 4.78 is 0. The molecule has 2 atom stereocenters. The molecule has 5 heteroatoms. The Balaban J connectivity index is 0.00000312. The molecule has 142 valence electrons. The van der Waals surface area contributed by atoms with E-state index in [1.165, 1.54) is 30.6 Å². The summed E-state index contributed by atoms with van der Waals surface area (Å²) in [5, 5.41) is 3.18. The fourth-order valence-corrected chi connectivity index (χ4v) is 3.53. The molecule has 0 bridgehead atoms. The molecule has 0 radical (unpaired) electrons. The number of piperidine rings is 1. The van der Waals surface area contributed by atoms with E-state index in [1.807, 2.05) is 0 Å². The number of nitrogens with one attached hydrogen (secondary N) is 1. The molecule has 0 aliphatic carbocycles. The van der Waals surface area contributed by atoms with Gasteiger partial charge < -0.3 is 11.1 Å². The summed E-state index contributed by atoms with van der Waals surface area (Å²) in [6, 6.07) is 8.78. The molecule has 3 N–H and O–H groups in total. The second kappa shape index (κ2) is 9.76. The second-order valence-electron chi connectivity index (χ2n) is 8.53. The molecule has 0 saturated carbocycles. The summed E-state index contributed by atoms with van der Waals surface area (Å²) in [6.07, 6.45) is 1.36. The molecule has 2 unspecified atom stereocenters. The molecule has 2 rings (SSSR count). The van der Waals surface area contributed by atoms with E-state index in [-0.39, 0.29) is 29.5 Å². The molecule has 1 aliphatic heterocycles. The summed E-state index contributed by atoms with van der Waals surface area (Å²) in [7, 11) is 0. The van der Waals surface area contributed by atoms with Gasteiger partial charge >= 0.3 is 0 Å². The number of rotatable bonds is 4. The van der Waals surface area contributed by atoms with E-state index in [4.69, 9.17) is 5.73 Å². The van der Waals surface area contributed by atoms with Crippen molar-refractivity contribution in [3.63, 3.8) is 0 Å². The van der Waals surface area contributed by atoms with Gasteiger partial charge in [-0.15, -0.1) is 24.0 Å². The molecule has 4 nitrogen and oxygen atoms in total. The van der Waals surface area contributed by atoms with Crippen LogP contribution in [0, 0.1) is 11.8 Å². The average molecular weight is 458 g/mol. The standard InChI is InChI=1S/C20H34N4.HI/c1-15-10-16(2)13-24(12-15)14-18-8-6-17(7-9-18)11-22-19(21)23-20(3,4)5;/h6-9,15-16H,10-14H2,1-5H3,(H3,21,22,23);1H. The Morgan fingerprint density at radius 2 is 1.64 bits per heavy atom. The molecule has 0 spiro atoms. The van der Waals surface area contributed by atoms with Gasteiger partial charge in [-0.2, -0.15) is 0 Å². The molecule has 1 heterocycles. The zero-order valence-electron chi connectivity index (χ0n) is 16.4. The lowest BCUT2D eigenvalue weighted by Gasteiger charge is -2.35. The van der Waals surface area contributed by atoms with E-state index >= 15 is 0 Å². The fourth-order valence-electron chi connectivity index (χ4n) is 3.53. The van der Waals surface area contributed by atoms with Gasteiger partial charge in [0.25, 0.3) is 0 Å². The summed E-state index contributed by atoms with van der Waals surface area (Å²) in [5.74, 6) is 2.11. The first-order valence-electron chi connectivity index (χ1n) is 9.09. The minimum Gasteiger partial charge on any atom is -0.370 e. The Hall–Kier alpha value is -0.820. The smallest absolute Gasteiger partial charge is 0.189 e. The molecular weight excluding hydrogens is 423 g/mol. The van der Waals surface area contributed by atoms with Crippen molar-refractivity contribution in [3.05, 3.63) is 35.4 Å². The van der Waals surface area contributed by atoms with Crippen LogP contribution in [0.25, 0.3) is 0 Å². The van der Waals surface area contributed by atoms with Gasteiger partial charge in [-0.1, -0.05) is 38.1 Å². The number of nitrogens with zero attached hydrogens (tertiary/aromatic N) is 2. The number of benzene rings is 1. The van der Waals surface area contributed by atoms with Crippen molar-refractivity contribution in [2.45, 2.75) is 59.7 Å². The quantitative estimate of drug-likeness (QED) is 0.408. The maximum absolute atomic E-state index is 5.92. The topological polar surface area (TPSA) is 53.6 Å². The Morgan fingerprint density at radius 3 is 2.16 bits per heavy atom. The van der Waals surface area contributed by atoms with Crippen LogP contribution in [0.3, 0.4) is 0 Å². The van der Waals surface area contributed by atoms with Crippen LogP contribution < -0.4 is 11.1 Å². The fraction of sp³-hybridized carbons (Fsp3) is 0.650. The summed E-state index contributed by atoms with van der Waals surface area (Å²) in [4.78, 5) is 7.00. The number of aliphatic imine (C=N–C) groups is 1. The van der Waals surface area contributed by atoms with Crippen LogP contribution in [0.15, 0.2) is 29.3 Å². The normalized spacial score (nSPS) is 22.4. The van der Waals surface area contributed by atoms with Crippen molar-refractivity contribution in [2.24, 2.45) is 22.6 Å². The number of hydrogen-bond donors (Lipinski definition) is 2. The number of halogens is 1. The van der Waals surface area contributed by atoms with Crippen molar-refractivity contribution in [1.29, 1.82) is 0 Å². The van der Waals surface area contributed by atoms with Crippen molar-refractivity contribution in [1.82, 2.24) is 10.2 Å². The highest BCUT2D eigenvalue weighted by Gasteiger charge is 2.21. The van der Waals surface area contributed by atoms with Crippen molar-refractivity contribution in [3.8, 4) is 0 Å². The third-order valence-corrected chi connectivity index (χ3v) is 4.31. The zero-order chi connectivity index (χ0) is 17.7. The van der Waals surface area contributed by atoms with Crippen LogP contribution in [-0.2, 0) is 13.1 Å². The lowest BCUT2D eigenvalue weighted by atomic mass is 9.91. The highest BCUT2D eigenvalue weighted by atomic mass is 127. The Kier molecular flexibility index (Phi) is 8.68. The van der Waals surface area contributed by atoms with Gasteiger partial charge in [0.05, 0.1) is 6.54 Å². The van der Waals surface area contributed by atoms with E-state index in [0.29, 0.717) is 12.5 Å². The largest absolute Gasteiger partial charge is 0.370 e. The molecule has 1 aromatic carbocycles. The van der Waals surface area contributed by atoms with Crippen LogP contribution in [0.5, 0.6) is 0 Å². The van der Waals surface area contributed by atoms with E-state index in [2.05, 4.69) is 74.1 Å². The van der Waals surface area contributed by atoms with Crippen LogP contribution in [0.1, 0.15) is 52.2 Å². The number of nitrogens with two attached hydrogens (primary N) is 1. The van der Waals surface area contributed by atoms with Gasteiger partial charge in [0.1, 0.15) is 0 Å². The highest BCUT2D eigenvalue weighted by molar-refractivity contribution is 14.0. The second-order valence-corrected chi connectivity index (χ2v) is 8.53. The first-order valence-corrected chi connectivity index (χ1v) is 9.09.